The summed E-state index contributed by atoms with van der Waals surface area (Å²) >= 11 is 0. The zero-order valence-electron chi connectivity index (χ0n) is 18.0. The number of phenols is 1. The summed E-state index contributed by atoms with van der Waals surface area (Å²) in [6.07, 6.45) is -11.1. The Labute approximate surface area is 199 Å². The third-order valence-electron chi connectivity index (χ3n) is 4.80. The highest BCUT2D eigenvalue weighted by atomic mass is 19.4. The standard InChI is InChI=1S/C18H9F6N3O2.C6H6O/c19-16(17(20,21)22,18(23,24)29-11-4-2-1-3-5-11)14-25-9-26-15(27-14)28-13-7-6-10-8-12(10)13;7-6-4-2-1-3-5-6/h1-9H;1-5,7H. The van der Waals surface area contributed by atoms with Gasteiger partial charge >= 0.3 is 24.0 Å². The predicted octanol–water partition coefficient (Wildman–Crippen LogP) is 6.44. The predicted molar refractivity (Wildman–Crippen MR) is 114 cm³/mol. The molecule has 1 N–H and O–H groups in total. The molecular weight excluding hydrogens is 492 g/mol. The lowest BCUT2D eigenvalue weighted by molar-refractivity contribution is -0.367. The summed E-state index contributed by atoms with van der Waals surface area (Å²) < 4.78 is 93.6. The Balaban J connectivity index is 0.000000375. The van der Waals surface area contributed by atoms with E-state index in [1.54, 1.807) is 36.4 Å². The Morgan fingerprint density at radius 3 is 1.89 bits per heavy atom. The molecule has 2 aromatic carbocycles. The highest BCUT2D eigenvalue weighted by Crippen LogP contribution is 2.52. The van der Waals surface area contributed by atoms with Crippen LogP contribution >= 0.6 is 0 Å². The summed E-state index contributed by atoms with van der Waals surface area (Å²) in [6.45, 7) is 0. The van der Waals surface area contributed by atoms with Crippen molar-refractivity contribution in [3.05, 3.63) is 91.0 Å². The van der Waals surface area contributed by atoms with E-state index in [-0.39, 0.29) is 5.75 Å². The molecule has 0 saturated carbocycles. The third kappa shape index (κ3) is 5.02. The van der Waals surface area contributed by atoms with Crippen LogP contribution in [0.5, 0.6) is 23.3 Å². The van der Waals surface area contributed by atoms with Gasteiger partial charge in [0.25, 0.3) is 0 Å². The van der Waals surface area contributed by atoms with Crippen molar-refractivity contribution in [1.29, 1.82) is 0 Å². The highest BCUT2D eigenvalue weighted by molar-refractivity contribution is 5.87. The number of ether oxygens (including phenoxy) is 2. The van der Waals surface area contributed by atoms with E-state index in [2.05, 4.69) is 19.7 Å². The molecule has 5 rings (SSSR count). The highest BCUT2D eigenvalue weighted by Gasteiger charge is 2.77. The molecule has 0 fully saturated rings. The smallest absolute Gasteiger partial charge is 0.450 e. The lowest BCUT2D eigenvalue weighted by Crippen LogP contribution is -2.56. The Morgan fingerprint density at radius 2 is 1.39 bits per heavy atom. The fraction of sp³-hybridized carbons (Fsp3) is 0.125. The van der Waals surface area contributed by atoms with Gasteiger partial charge in [-0.1, -0.05) is 42.5 Å². The number of nitrogens with zero attached hydrogens (tertiary/aromatic N) is 3. The molecule has 0 bridgehead atoms. The fourth-order valence-corrected chi connectivity index (χ4v) is 2.97. The van der Waals surface area contributed by atoms with Gasteiger partial charge in [0.15, 0.2) is 5.82 Å². The molecule has 186 valence electrons. The summed E-state index contributed by atoms with van der Waals surface area (Å²) in [5.41, 5.74) is -3.87. The minimum Gasteiger partial charge on any atom is -0.508 e. The van der Waals surface area contributed by atoms with Gasteiger partial charge in [0.1, 0.15) is 23.6 Å². The van der Waals surface area contributed by atoms with E-state index in [1.165, 1.54) is 24.3 Å². The van der Waals surface area contributed by atoms with Crippen LogP contribution in [-0.4, -0.2) is 32.3 Å². The molecule has 36 heavy (non-hydrogen) atoms. The summed E-state index contributed by atoms with van der Waals surface area (Å²) in [7, 11) is 0. The first kappa shape index (κ1) is 24.8. The number of aromatic hydroxyl groups is 1. The van der Waals surface area contributed by atoms with E-state index >= 15 is 4.39 Å². The van der Waals surface area contributed by atoms with Crippen molar-refractivity contribution in [2.45, 2.75) is 18.0 Å². The van der Waals surface area contributed by atoms with Gasteiger partial charge in [-0.3, -0.25) is 0 Å². The topological polar surface area (TPSA) is 77.4 Å². The number of rotatable bonds is 6. The van der Waals surface area contributed by atoms with Crippen molar-refractivity contribution in [1.82, 2.24) is 15.0 Å². The SMILES string of the molecule is FC(F)(F)C(F)(c1ncnc(Oc2ccc3cc2-3)n1)C(F)(F)Oc1ccccc1.Oc1ccccc1. The molecule has 2 aliphatic carbocycles. The molecule has 1 atom stereocenters. The second-order valence-electron chi connectivity index (χ2n) is 7.33. The van der Waals surface area contributed by atoms with Crippen LogP contribution < -0.4 is 9.47 Å². The first-order chi connectivity index (χ1) is 17.0. The number of phenolic OH excluding ortho intramolecular Hbond substituents is 1. The van der Waals surface area contributed by atoms with Crippen molar-refractivity contribution in [3.8, 4) is 34.4 Å². The van der Waals surface area contributed by atoms with Gasteiger partial charge in [-0.2, -0.15) is 31.9 Å². The normalized spacial score (nSPS) is 13.6. The number of para-hydroxylation sites is 2. The molecule has 3 aromatic rings. The maximum absolute atomic E-state index is 15.0. The van der Waals surface area contributed by atoms with Crippen LogP contribution in [0.25, 0.3) is 11.1 Å². The number of alkyl halides is 6. The average molecular weight is 507 g/mol. The number of hydrogen-bond donors (Lipinski definition) is 1. The van der Waals surface area contributed by atoms with Crippen molar-refractivity contribution in [2.24, 2.45) is 0 Å². The van der Waals surface area contributed by atoms with E-state index in [1.807, 2.05) is 6.07 Å². The van der Waals surface area contributed by atoms with Crippen LogP contribution in [0.15, 0.2) is 85.2 Å². The second kappa shape index (κ2) is 9.36. The van der Waals surface area contributed by atoms with Gasteiger partial charge in [0.05, 0.1) is 0 Å². The van der Waals surface area contributed by atoms with Crippen molar-refractivity contribution < 1.29 is 40.9 Å². The Bertz CT molecular complexity index is 1340. The minimum atomic E-state index is -6.12. The number of halogens is 6. The molecule has 1 unspecified atom stereocenters. The summed E-state index contributed by atoms with van der Waals surface area (Å²) in [5.74, 6) is -2.06. The second-order valence-corrected chi connectivity index (χ2v) is 7.33. The van der Waals surface area contributed by atoms with Gasteiger partial charge in [0, 0.05) is 5.56 Å². The zero-order valence-corrected chi connectivity index (χ0v) is 18.0. The van der Waals surface area contributed by atoms with Crippen LogP contribution in [0.4, 0.5) is 26.3 Å². The number of hydrogen-bond acceptors (Lipinski definition) is 6. The van der Waals surface area contributed by atoms with E-state index in [0.29, 0.717) is 17.6 Å². The van der Waals surface area contributed by atoms with Crippen molar-refractivity contribution in [2.75, 3.05) is 0 Å². The monoisotopic (exact) mass is 507 g/mol. The largest absolute Gasteiger partial charge is 0.508 e. The number of benzene rings is 3. The first-order valence-electron chi connectivity index (χ1n) is 10.1. The quantitative estimate of drug-likeness (QED) is 0.267. The molecule has 0 spiro atoms. The maximum atomic E-state index is 15.0. The molecule has 6 nitrogen and oxygen atoms in total. The van der Waals surface area contributed by atoms with E-state index < -0.39 is 35.5 Å². The molecule has 0 saturated heterocycles. The van der Waals surface area contributed by atoms with Gasteiger partial charge < -0.3 is 14.6 Å². The average Bonchev–Trinajstić information content (AvgIpc) is 3.52. The molecular formula is C24H15F6N3O3. The number of fused-ring (bicyclic) bond motifs is 1. The van der Waals surface area contributed by atoms with Crippen molar-refractivity contribution >= 4 is 0 Å². The lowest BCUT2D eigenvalue weighted by atomic mass is 10.0. The third-order valence-corrected chi connectivity index (χ3v) is 4.80. The summed E-state index contributed by atoms with van der Waals surface area (Å²) in [6, 6.07) is 18.6. The van der Waals surface area contributed by atoms with Crippen molar-refractivity contribution in [3.63, 3.8) is 0 Å². The summed E-state index contributed by atoms with van der Waals surface area (Å²) in [5, 5.41) is 8.63. The van der Waals surface area contributed by atoms with Gasteiger partial charge in [-0.05, 0) is 42.0 Å². The molecule has 0 amide bonds. The molecule has 2 aliphatic rings. The first-order valence-corrected chi connectivity index (χ1v) is 10.1. The fourth-order valence-electron chi connectivity index (χ4n) is 2.97. The molecule has 1 heterocycles. The van der Waals surface area contributed by atoms with Crippen LogP contribution in [0, 0.1) is 0 Å². The van der Waals surface area contributed by atoms with Gasteiger partial charge in [0.2, 0.25) is 0 Å². The molecule has 1 aromatic heterocycles. The van der Waals surface area contributed by atoms with Crippen LogP contribution in [0.1, 0.15) is 5.82 Å². The Hall–Kier alpha value is -4.35. The van der Waals surface area contributed by atoms with E-state index in [9.17, 15) is 22.0 Å². The van der Waals surface area contributed by atoms with Crippen LogP contribution in [-0.2, 0) is 5.67 Å². The summed E-state index contributed by atoms with van der Waals surface area (Å²) in [4.78, 5) is 9.59. The zero-order chi connectivity index (χ0) is 26.0. The molecule has 0 radical (unpaired) electrons. The molecule has 12 heteroatoms. The molecule has 0 aliphatic heterocycles. The van der Waals surface area contributed by atoms with E-state index in [4.69, 9.17) is 9.84 Å². The lowest BCUT2D eigenvalue weighted by Gasteiger charge is -2.32. The van der Waals surface area contributed by atoms with E-state index in [0.717, 1.165) is 17.7 Å². The van der Waals surface area contributed by atoms with Crippen LogP contribution in [0.3, 0.4) is 0 Å². The maximum Gasteiger partial charge on any atom is 0.450 e. The Kier molecular flexibility index (Phi) is 6.44. The number of aromatic nitrogens is 3. The van der Waals surface area contributed by atoms with Crippen LogP contribution in [0.2, 0.25) is 0 Å². The van der Waals surface area contributed by atoms with Gasteiger partial charge in [-0.15, -0.1) is 0 Å². The van der Waals surface area contributed by atoms with Gasteiger partial charge in [-0.25, -0.2) is 9.37 Å². The minimum absolute atomic E-state index is 0.195. The Morgan fingerprint density at radius 1 is 0.750 bits per heavy atom.